The highest BCUT2D eigenvalue weighted by Gasteiger charge is 2.38. The molecule has 3 atom stereocenters. The van der Waals surface area contributed by atoms with E-state index in [0.29, 0.717) is 63.2 Å². The van der Waals surface area contributed by atoms with Crippen LogP contribution in [0, 0.1) is 46.8 Å². The van der Waals surface area contributed by atoms with Gasteiger partial charge < -0.3 is 0 Å². The van der Waals surface area contributed by atoms with E-state index in [2.05, 4.69) is 41.5 Å². The second kappa shape index (κ2) is 50.1. The first-order valence-corrected chi connectivity index (χ1v) is 33.4. The third kappa shape index (κ3) is 68.6. The van der Waals surface area contributed by atoms with Crippen LogP contribution in [0.2, 0.25) is 0 Å². The maximum Gasteiger partial charge on any atom is 0.110 e. The fourth-order valence-corrected chi connectivity index (χ4v) is 8.08. The zero-order valence-corrected chi connectivity index (χ0v) is 63.6. The zero-order valence-electron chi connectivity index (χ0n) is 63.6. The van der Waals surface area contributed by atoms with Gasteiger partial charge in [0, 0.05) is 5.41 Å². The smallest absolute Gasteiger partial charge is 0.110 e. The van der Waals surface area contributed by atoms with Crippen LogP contribution in [0.1, 0.15) is 373 Å². The highest BCUT2D eigenvalue weighted by molar-refractivity contribution is 4.88. The van der Waals surface area contributed by atoms with Crippen LogP contribution in [0.5, 0.6) is 0 Å². The Morgan fingerprint density at radius 3 is 0.578 bits per heavy atom. The molecule has 83 heavy (non-hydrogen) atoms. The molecule has 0 fully saturated rings. The molecule has 0 aliphatic rings. The van der Waals surface area contributed by atoms with Crippen molar-refractivity contribution in [1.82, 2.24) is 0 Å². The van der Waals surface area contributed by atoms with Gasteiger partial charge in [0.2, 0.25) is 0 Å². The Labute approximate surface area is 518 Å². The average molecular weight is 1220 g/mol. The minimum Gasteiger partial charge on any atom is -0.245 e. The molecule has 0 spiro atoms. The lowest BCUT2D eigenvalue weighted by molar-refractivity contribution is 0.0301. The predicted molar refractivity (Wildman–Crippen MR) is 360 cm³/mol. The number of alkyl halides is 10. The number of rotatable bonds is 24. The highest BCUT2D eigenvalue weighted by Crippen LogP contribution is 2.40. The van der Waals surface area contributed by atoms with Gasteiger partial charge in [0.15, 0.2) is 0 Å². The molecule has 0 nitrogen and oxygen atoms in total. The molecular formula is C73H156F10. The van der Waals surface area contributed by atoms with Crippen LogP contribution in [-0.2, 0) is 0 Å². The van der Waals surface area contributed by atoms with Crippen LogP contribution in [0.25, 0.3) is 0 Å². The molecule has 0 radical (unpaired) electrons. The summed E-state index contributed by atoms with van der Waals surface area (Å²) in [6, 6.07) is 0. The van der Waals surface area contributed by atoms with Gasteiger partial charge in [-0.3, -0.25) is 0 Å². The van der Waals surface area contributed by atoms with Gasteiger partial charge in [-0.15, -0.1) is 0 Å². The molecule has 0 heterocycles. The summed E-state index contributed by atoms with van der Waals surface area (Å²) >= 11 is 0. The second-order valence-electron chi connectivity index (χ2n) is 29.2. The van der Waals surface area contributed by atoms with Crippen LogP contribution in [0.4, 0.5) is 43.9 Å². The first-order chi connectivity index (χ1) is 36.5. The normalized spacial score (nSPS) is 14.5. The minimum absolute atomic E-state index is 0.132. The molecule has 0 aromatic rings. The number of hydrogen-bond donors (Lipinski definition) is 0. The van der Waals surface area contributed by atoms with Crippen molar-refractivity contribution in [3.05, 3.63) is 0 Å². The van der Waals surface area contributed by atoms with Gasteiger partial charge >= 0.3 is 0 Å². The molecule has 0 aliphatic heterocycles. The summed E-state index contributed by atoms with van der Waals surface area (Å²) in [5.41, 5.74) is -9.84. The van der Waals surface area contributed by atoms with Crippen molar-refractivity contribution in [2.45, 2.75) is 429 Å². The lowest BCUT2D eigenvalue weighted by atomic mass is 9.73. The summed E-state index contributed by atoms with van der Waals surface area (Å²) in [6.45, 7) is 71.7. The molecule has 0 aromatic heterocycles. The Balaban J connectivity index is -0.0000000896. The van der Waals surface area contributed by atoms with Gasteiger partial charge in [0.1, 0.15) is 56.7 Å². The average Bonchev–Trinajstić information content (AvgIpc) is 3.31. The van der Waals surface area contributed by atoms with E-state index < -0.39 is 56.7 Å². The first kappa shape index (κ1) is 104. The van der Waals surface area contributed by atoms with Gasteiger partial charge in [0.25, 0.3) is 0 Å². The molecule has 0 saturated heterocycles. The Morgan fingerprint density at radius 1 is 0.277 bits per heavy atom. The Kier molecular flexibility index (Phi) is 62.8. The van der Waals surface area contributed by atoms with Crippen molar-refractivity contribution in [2.24, 2.45) is 46.8 Å². The van der Waals surface area contributed by atoms with Crippen LogP contribution in [0.15, 0.2) is 0 Å². The maximum atomic E-state index is 13.6. The van der Waals surface area contributed by atoms with Crippen molar-refractivity contribution in [1.29, 1.82) is 0 Å². The lowest BCUT2D eigenvalue weighted by Crippen LogP contribution is -2.36. The molecule has 0 saturated carbocycles. The van der Waals surface area contributed by atoms with Crippen molar-refractivity contribution in [3.63, 3.8) is 0 Å². The SMILES string of the molecule is CC(C)C(C(C)C)C(C)(C)F.CC(C)C(C)(C)F.CCC(C)(C)F.CCC(C)(CC)C(C)(C)F.CCC(C)(F)C(C)C.CCC(C)(F)CC.CCC(CC)C(C)(C)F.CCC(CC)C(C)(F)CC.CCCC(C)(C)F.CCCC(C)(F)CC. The fraction of sp³-hybridized carbons (Fsp3) is 1.00. The summed E-state index contributed by atoms with van der Waals surface area (Å²) < 4.78 is 129. The second-order valence-corrected chi connectivity index (χ2v) is 29.2. The Morgan fingerprint density at radius 2 is 0.554 bits per heavy atom. The summed E-state index contributed by atoms with van der Waals surface area (Å²) in [5.74, 6) is 1.78. The zero-order chi connectivity index (χ0) is 69.9. The van der Waals surface area contributed by atoms with E-state index in [0.717, 1.165) is 51.4 Å². The Bertz CT molecular complexity index is 1310. The van der Waals surface area contributed by atoms with Crippen molar-refractivity contribution < 1.29 is 43.9 Å². The van der Waals surface area contributed by atoms with Crippen molar-refractivity contribution in [3.8, 4) is 0 Å². The molecule has 0 aliphatic carbocycles. The van der Waals surface area contributed by atoms with Crippen LogP contribution in [0.3, 0.4) is 0 Å². The van der Waals surface area contributed by atoms with Gasteiger partial charge in [-0.25, -0.2) is 43.9 Å². The van der Waals surface area contributed by atoms with E-state index in [1.807, 2.05) is 118 Å². The predicted octanol–water partition coefficient (Wildman–Crippen LogP) is 29.3. The monoisotopic (exact) mass is 1220 g/mol. The summed E-state index contributed by atoms with van der Waals surface area (Å²) in [5, 5.41) is 0. The number of hydrogen-bond acceptors (Lipinski definition) is 0. The van der Waals surface area contributed by atoms with Gasteiger partial charge in [-0.1, -0.05) is 198 Å². The summed E-state index contributed by atoms with van der Waals surface area (Å²) in [7, 11) is 0. The van der Waals surface area contributed by atoms with E-state index >= 15 is 0 Å². The van der Waals surface area contributed by atoms with Crippen molar-refractivity contribution >= 4 is 0 Å². The molecule has 0 aromatic carbocycles. The van der Waals surface area contributed by atoms with Crippen LogP contribution < -0.4 is 0 Å². The molecule has 0 amide bonds. The minimum atomic E-state index is -1.05. The molecule has 518 valence electrons. The molecule has 0 N–H and O–H groups in total. The maximum absolute atomic E-state index is 13.6. The fourth-order valence-electron chi connectivity index (χ4n) is 8.08. The number of halogens is 10. The molecule has 3 unspecified atom stereocenters. The van der Waals surface area contributed by atoms with E-state index in [-0.39, 0.29) is 35.0 Å². The van der Waals surface area contributed by atoms with Crippen molar-refractivity contribution in [2.75, 3.05) is 0 Å². The molecule has 0 rings (SSSR count). The van der Waals surface area contributed by atoms with E-state index in [9.17, 15) is 43.9 Å². The quantitative estimate of drug-likeness (QED) is 0.0845. The molecular weight excluding hydrogens is 1070 g/mol. The van der Waals surface area contributed by atoms with E-state index in [1.165, 1.54) is 0 Å². The van der Waals surface area contributed by atoms with E-state index in [4.69, 9.17) is 0 Å². The lowest BCUT2D eigenvalue weighted by Gasteiger charge is -2.36. The highest BCUT2D eigenvalue weighted by atomic mass is 19.2. The standard InChI is InChI=1S/C10H21F.2C9H19F.C8H17F.2C7H15F.3C6H13F.C5H11F/c1-7(2)9(8(3)4)10(5,6)11;1-6-9(5,7-2)8(3,4)10;1-5-8(6-2)9(4,10)7-3;1-5-7(6-2)8(3,4)9;1-5-7(4,8)6(2)3;1-4-6-7(3,8)5-2;1-5(2)6(3,4)7;1-4-5-6(2,3)7;1-4-6(3,7)5-2;1-4-5(2,3)6/h7-9H,1-6H3;6-7H2,1-5H3;8H,5-7H2,1-4H3;7H,5-6H2,1-4H3;6H,5H2,1-4H3;4-6H2,1-3H3;5H,1-4H3;2*4-5H2,1-3H3;4H2,1-3H3. The van der Waals surface area contributed by atoms with Crippen LogP contribution >= 0.6 is 0 Å². The van der Waals surface area contributed by atoms with Gasteiger partial charge in [0.05, 0.1) is 0 Å². The third-order valence-electron chi connectivity index (χ3n) is 17.6. The first-order valence-electron chi connectivity index (χ1n) is 33.4. The van der Waals surface area contributed by atoms with Crippen LogP contribution in [-0.4, -0.2) is 56.7 Å². The van der Waals surface area contributed by atoms with Gasteiger partial charge in [-0.2, -0.15) is 0 Å². The topological polar surface area (TPSA) is 0 Å². The van der Waals surface area contributed by atoms with Gasteiger partial charge in [-0.05, 0) is 216 Å². The largest absolute Gasteiger partial charge is 0.245 e. The summed E-state index contributed by atoms with van der Waals surface area (Å²) in [6.07, 6.45) is 12.6. The summed E-state index contributed by atoms with van der Waals surface area (Å²) in [4.78, 5) is 0. The Hall–Kier alpha value is -0.700. The molecule has 0 bridgehead atoms. The van der Waals surface area contributed by atoms with E-state index in [1.54, 1.807) is 111 Å². The third-order valence-corrected chi connectivity index (χ3v) is 17.6. The molecule has 10 heteroatoms.